The Kier molecular flexibility index (Phi) is 6.41. The summed E-state index contributed by atoms with van der Waals surface area (Å²) in [7, 11) is 0. The highest BCUT2D eigenvalue weighted by Crippen LogP contribution is 2.22. The van der Waals surface area contributed by atoms with Crippen molar-refractivity contribution in [1.29, 1.82) is 0 Å². The Hall–Kier alpha value is -2.74. The first kappa shape index (κ1) is 20.0. The van der Waals surface area contributed by atoms with E-state index >= 15 is 0 Å². The largest absolute Gasteiger partial charge is 0.354 e. The van der Waals surface area contributed by atoms with Crippen LogP contribution in [0.3, 0.4) is 0 Å². The van der Waals surface area contributed by atoms with Gasteiger partial charge in [-0.3, -0.25) is 9.59 Å². The van der Waals surface area contributed by atoms with Crippen LogP contribution in [0.2, 0.25) is 0 Å². The predicted molar refractivity (Wildman–Crippen MR) is 104 cm³/mol. The van der Waals surface area contributed by atoms with Gasteiger partial charge >= 0.3 is 0 Å². The van der Waals surface area contributed by atoms with Crippen molar-refractivity contribution in [1.82, 2.24) is 20.0 Å². The molecule has 1 fully saturated rings. The molecule has 1 saturated heterocycles. The summed E-state index contributed by atoms with van der Waals surface area (Å²) in [5, 5.41) is 7.19. The van der Waals surface area contributed by atoms with Crippen molar-refractivity contribution in [3.8, 4) is 5.69 Å². The van der Waals surface area contributed by atoms with Gasteiger partial charge in [0.2, 0.25) is 5.91 Å². The lowest BCUT2D eigenvalue weighted by Gasteiger charge is -2.35. The minimum absolute atomic E-state index is 0.0449. The summed E-state index contributed by atoms with van der Waals surface area (Å²) < 4.78 is 14.8. The van der Waals surface area contributed by atoms with Gasteiger partial charge in [-0.25, -0.2) is 9.07 Å². The number of nitrogens with zero attached hydrogens (tertiary/aromatic N) is 3. The average Bonchev–Trinajstić information content (AvgIpc) is 3.08. The molecular formula is C20H26FN5O2. The number of aromatic nitrogens is 2. The van der Waals surface area contributed by atoms with Gasteiger partial charge < -0.3 is 16.0 Å². The highest BCUT2D eigenvalue weighted by atomic mass is 19.1. The molecular weight excluding hydrogens is 361 g/mol. The molecule has 150 valence electrons. The van der Waals surface area contributed by atoms with E-state index in [1.54, 1.807) is 23.0 Å². The molecule has 3 rings (SSSR count). The van der Waals surface area contributed by atoms with E-state index in [-0.39, 0.29) is 30.1 Å². The second-order valence-corrected chi connectivity index (χ2v) is 7.02. The molecule has 0 radical (unpaired) electrons. The molecule has 3 N–H and O–H groups in total. The molecule has 1 aliphatic rings. The summed E-state index contributed by atoms with van der Waals surface area (Å²) in [5.41, 5.74) is 7.33. The molecule has 2 heterocycles. The summed E-state index contributed by atoms with van der Waals surface area (Å²) in [6.45, 7) is 3.21. The molecule has 1 aromatic carbocycles. The van der Waals surface area contributed by atoms with Crippen LogP contribution in [0.15, 0.2) is 30.5 Å². The molecule has 1 aliphatic heterocycles. The number of likely N-dealkylation sites (tertiary alicyclic amines) is 1. The Morgan fingerprint density at radius 2 is 2.04 bits per heavy atom. The van der Waals surface area contributed by atoms with Gasteiger partial charge in [0.05, 0.1) is 23.1 Å². The van der Waals surface area contributed by atoms with Crippen LogP contribution < -0.4 is 11.1 Å². The third-order valence-electron chi connectivity index (χ3n) is 5.11. The number of hydrogen-bond donors (Lipinski definition) is 2. The van der Waals surface area contributed by atoms with Crippen LogP contribution in [-0.2, 0) is 4.79 Å². The van der Waals surface area contributed by atoms with Crippen molar-refractivity contribution in [2.24, 2.45) is 5.73 Å². The van der Waals surface area contributed by atoms with Crippen molar-refractivity contribution in [3.63, 3.8) is 0 Å². The van der Waals surface area contributed by atoms with Gasteiger partial charge in [-0.05, 0) is 50.5 Å². The van der Waals surface area contributed by atoms with Crippen LogP contribution in [0.5, 0.6) is 0 Å². The Morgan fingerprint density at radius 3 is 2.75 bits per heavy atom. The first-order chi connectivity index (χ1) is 13.5. The fourth-order valence-corrected chi connectivity index (χ4v) is 3.55. The smallest absolute Gasteiger partial charge is 0.257 e. The molecule has 1 unspecified atom stereocenters. The average molecular weight is 387 g/mol. The van der Waals surface area contributed by atoms with E-state index in [1.165, 1.54) is 12.1 Å². The van der Waals surface area contributed by atoms with E-state index in [0.717, 1.165) is 19.3 Å². The maximum atomic E-state index is 13.2. The van der Waals surface area contributed by atoms with Crippen molar-refractivity contribution in [2.75, 3.05) is 19.6 Å². The van der Waals surface area contributed by atoms with Gasteiger partial charge in [-0.15, -0.1) is 0 Å². The lowest BCUT2D eigenvalue weighted by molar-refractivity contribution is -0.121. The summed E-state index contributed by atoms with van der Waals surface area (Å²) >= 11 is 0. The summed E-state index contributed by atoms with van der Waals surface area (Å²) in [4.78, 5) is 26.7. The van der Waals surface area contributed by atoms with Gasteiger partial charge in [0.1, 0.15) is 5.82 Å². The Morgan fingerprint density at radius 1 is 1.29 bits per heavy atom. The lowest BCUT2D eigenvalue weighted by atomic mass is 10.0. The molecule has 28 heavy (non-hydrogen) atoms. The minimum Gasteiger partial charge on any atom is -0.354 e. The molecule has 0 bridgehead atoms. The van der Waals surface area contributed by atoms with Crippen molar-refractivity contribution in [3.05, 3.63) is 47.5 Å². The fourth-order valence-electron chi connectivity index (χ4n) is 3.55. The van der Waals surface area contributed by atoms with Crippen LogP contribution in [-0.4, -0.2) is 52.2 Å². The number of carbonyl (C=O) groups is 2. The van der Waals surface area contributed by atoms with Crippen LogP contribution >= 0.6 is 0 Å². The number of amides is 2. The number of nitrogens with one attached hydrogen (secondary N) is 1. The van der Waals surface area contributed by atoms with E-state index in [9.17, 15) is 14.0 Å². The normalized spacial score (nSPS) is 16.8. The van der Waals surface area contributed by atoms with Gasteiger partial charge in [0.25, 0.3) is 5.91 Å². The van der Waals surface area contributed by atoms with Crippen LogP contribution in [0, 0.1) is 12.7 Å². The number of nitrogens with two attached hydrogens (primary N) is 1. The molecule has 1 atom stereocenters. The zero-order valence-electron chi connectivity index (χ0n) is 16.0. The Balaban J connectivity index is 1.76. The van der Waals surface area contributed by atoms with E-state index in [0.29, 0.717) is 36.6 Å². The van der Waals surface area contributed by atoms with Crippen LogP contribution in [0.4, 0.5) is 4.39 Å². The number of carbonyl (C=O) groups excluding carboxylic acids is 2. The predicted octanol–water partition coefficient (Wildman–Crippen LogP) is 1.78. The van der Waals surface area contributed by atoms with Gasteiger partial charge in [-0.1, -0.05) is 0 Å². The van der Waals surface area contributed by atoms with Crippen molar-refractivity contribution < 1.29 is 14.0 Å². The highest BCUT2D eigenvalue weighted by Gasteiger charge is 2.29. The Bertz CT molecular complexity index is 834. The topological polar surface area (TPSA) is 93.2 Å². The zero-order chi connectivity index (χ0) is 20.1. The first-order valence-electron chi connectivity index (χ1n) is 9.59. The number of piperidine rings is 1. The van der Waals surface area contributed by atoms with Crippen molar-refractivity contribution in [2.45, 2.75) is 38.6 Å². The Labute approximate surface area is 163 Å². The summed E-state index contributed by atoms with van der Waals surface area (Å²) in [6.07, 6.45) is 4.64. The van der Waals surface area contributed by atoms with Crippen LogP contribution in [0.25, 0.3) is 5.69 Å². The molecule has 0 spiro atoms. The van der Waals surface area contributed by atoms with E-state index in [2.05, 4.69) is 10.4 Å². The lowest BCUT2D eigenvalue weighted by Crippen LogP contribution is -2.49. The molecule has 0 aliphatic carbocycles. The molecule has 2 amide bonds. The summed E-state index contributed by atoms with van der Waals surface area (Å²) in [6, 6.07) is 5.93. The fraction of sp³-hybridized carbons (Fsp3) is 0.450. The zero-order valence-corrected chi connectivity index (χ0v) is 16.0. The standard InChI is InChI=1S/C20H26FN5O2/c1-14-18(13-24-26(14)16-7-5-15(21)6-8-16)20(28)25-11-3-2-4-17(25)12-23-19(27)9-10-22/h5-8,13,17H,2-4,9-12,22H2,1H3,(H,23,27). The molecule has 7 nitrogen and oxygen atoms in total. The van der Waals surface area contributed by atoms with E-state index in [4.69, 9.17) is 5.73 Å². The van der Waals surface area contributed by atoms with Crippen molar-refractivity contribution >= 4 is 11.8 Å². The monoisotopic (exact) mass is 387 g/mol. The highest BCUT2D eigenvalue weighted by molar-refractivity contribution is 5.95. The number of halogens is 1. The van der Waals surface area contributed by atoms with Gasteiger partial charge in [0.15, 0.2) is 0 Å². The molecule has 0 saturated carbocycles. The minimum atomic E-state index is -0.322. The maximum absolute atomic E-state index is 13.2. The van der Waals surface area contributed by atoms with E-state index < -0.39 is 0 Å². The third-order valence-corrected chi connectivity index (χ3v) is 5.11. The SMILES string of the molecule is Cc1c(C(=O)N2CCCCC2CNC(=O)CCN)cnn1-c1ccc(F)cc1. The van der Waals surface area contributed by atoms with Crippen LogP contribution in [0.1, 0.15) is 41.7 Å². The summed E-state index contributed by atoms with van der Waals surface area (Å²) in [5.74, 6) is -0.512. The van der Waals surface area contributed by atoms with Gasteiger partial charge in [-0.2, -0.15) is 5.10 Å². The molecule has 8 heteroatoms. The number of hydrogen-bond acceptors (Lipinski definition) is 4. The quantitative estimate of drug-likeness (QED) is 0.790. The molecule has 1 aromatic heterocycles. The second kappa shape index (κ2) is 8.97. The maximum Gasteiger partial charge on any atom is 0.257 e. The molecule has 2 aromatic rings. The third kappa shape index (κ3) is 4.39. The first-order valence-corrected chi connectivity index (χ1v) is 9.59. The second-order valence-electron chi connectivity index (χ2n) is 7.02. The number of rotatable bonds is 6. The van der Waals surface area contributed by atoms with Gasteiger partial charge in [0, 0.05) is 32.1 Å². The number of benzene rings is 1. The van der Waals surface area contributed by atoms with E-state index in [1.807, 2.05) is 11.8 Å².